The number of fused-ring (bicyclic) bond motifs is 1. The number of amides is 1. The van der Waals surface area contributed by atoms with Crippen molar-refractivity contribution >= 4 is 22.9 Å². The average molecular weight is 366 g/mol. The fourth-order valence-corrected chi connectivity index (χ4v) is 2.87. The summed E-state index contributed by atoms with van der Waals surface area (Å²) in [6, 6.07) is 10.8. The molecule has 1 amide bonds. The lowest BCUT2D eigenvalue weighted by molar-refractivity contribution is -0.141. The van der Waals surface area contributed by atoms with Gasteiger partial charge in [-0.25, -0.2) is 9.67 Å². The van der Waals surface area contributed by atoms with E-state index in [-0.39, 0.29) is 18.4 Å². The molecule has 3 aromatic rings. The van der Waals surface area contributed by atoms with E-state index in [4.69, 9.17) is 4.74 Å². The Kier molecular flexibility index (Phi) is 5.49. The molecule has 0 aliphatic heterocycles. The van der Waals surface area contributed by atoms with Gasteiger partial charge in [0.25, 0.3) is 5.91 Å². The number of nitrogens with zero attached hydrogens (tertiary/aromatic N) is 3. The van der Waals surface area contributed by atoms with Crippen LogP contribution in [0.15, 0.2) is 48.8 Å². The normalized spacial score (nSPS) is 12.1. The Labute approximate surface area is 157 Å². The van der Waals surface area contributed by atoms with Crippen LogP contribution in [0.4, 0.5) is 0 Å². The summed E-state index contributed by atoms with van der Waals surface area (Å²) in [6.07, 6.45) is 3.27. The topological polar surface area (TPSA) is 86.1 Å². The van der Waals surface area contributed by atoms with Gasteiger partial charge in [0.2, 0.25) is 0 Å². The highest BCUT2D eigenvalue weighted by atomic mass is 16.5. The van der Waals surface area contributed by atoms with Crippen LogP contribution >= 0.6 is 0 Å². The Hall–Kier alpha value is -3.22. The first-order valence-electron chi connectivity index (χ1n) is 8.75. The third-order valence-electron chi connectivity index (χ3n) is 4.29. The van der Waals surface area contributed by atoms with Gasteiger partial charge in [-0.3, -0.25) is 9.59 Å². The molecule has 0 aliphatic carbocycles. The van der Waals surface area contributed by atoms with Crippen molar-refractivity contribution in [1.29, 1.82) is 0 Å². The van der Waals surface area contributed by atoms with Gasteiger partial charge < -0.3 is 10.1 Å². The predicted octanol–water partition coefficient (Wildman–Crippen LogP) is 3.05. The zero-order chi connectivity index (χ0) is 19.4. The maximum atomic E-state index is 12.8. The summed E-state index contributed by atoms with van der Waals surface area (Å²) in [7, 11) is 1.33. The lowest BCUT2D eigenvalue weighted by Gasteiger charge is -2.18. The van der Waals surface area contributed by atoms with Crippen LogP contribution in [0, 0.1) is 0 Å². The molecule has 0 aliphatic rings. The first-order chi connectivity index (χ1) is 13.0. The van der Waals surface area contributed by atoms with Crippen molar-refractivity contribution in [1.82, 2.24) is 20.1 Å². The molecule has 0 saturated heterocycles. The van der Waals surface area contributed by atoms with E-state index in [1.807, 2.05) is 44.2 Å². The molecule has 0 radical (unpaired) electrons. The molecular formula is C20H22N4O3. The summed E-state index contributed by atoms with van der Waals surface area (Å²) < 4.78 is 6.57. The van der Waals surface area contributed by atoms with E-state index in [1.165, 1.54) is 13.3 Å². The molecule has 1 atom stereocenters. The molecule has 7 heteroatoms. The molecule has 3 rings (SSSR count). The van der Waals surface area contributed by atoms with Gasteiger partial charge in [-0.2, -0.15) is 5.10 Å². The summed E-state index contributed by atoms with van der Waals surface area (Å²) in [5, 5.41) is 8.01. The average Bonchev–Trinajstić information content (AvgIpc) is 3.11. The van der Waals surface area contributed by atoms with Gasteiger partial charge in [0.1, 0.15) is 0 Å². The first-order valence-corrected chi connectivity index (χ1v) is 8.75. The van der Waals surface area contributed by atoms with Crippen molar-refractivity contribution in [3.05, 3.63) is 59.9 Å². The van der Waals surface area contributed by atoms with Crippen molar-refractivity contribution in [2.45, 2.75) is 32.4 Å². The van der Waals surface area contributed by atoms with Crippen LogP contribution in [-0.2, 0) is 9.53 Å². The molecule has 140 valence electrons. The van der Waals surface area contributed by atoms with E-state index < -0.39 is 12.0 Å². The highest BCUT2D eigenvalue weighted by molar-refractivity contribution is 5.97. The van der Waals surface area contributed by atoms with Crippen LogP contribution in [0.25, 0.3) is 11.0 Å². The Morgan fingerprint density at radius 1 is 1.19 bits per heavy atom. The van der Waals surface area contributed by atoms with Crippen molar-refractivity contribution < 1.29 is 14.3 Å². The molecule has 2 aromatic heterocycles. The number of aromatic nitrogens is 3. The fourth-order valence-electron chi connectivity index (χ4n) is 2.87. The minimum Gasteiger partial charge on any atom is -0.469 e. The standard InChI is InChI=1S/C20H22N4O3/c1-13(2)24-19-15(12-22-24)9-16(11-21-19)20(26)23-17(10-18(25)27-3)14-7-5-4-6-8-14/h4-9,11-13,17H,10H2,1-3H3,(H,23,26)/t17-/m1/s1. The number of ether oxygens (including phenoxy) is 1. The number of carbonyl (C=O) groups excluding carboxylic acids is 2. The maximum absolute atomic E-state index is 12.8. The SMILES string of the molecule is COC(=O)C[C@@H](NC(=O)c1cnc2c(cnn2C(C)C)c1)c1ccccc1. The van der Waals surface area contributed by atoms with Crippen molar-refractivity contribution in [2.24, 2.45) is 0 Å². The molecule has 27 heavy (non-hydrogen) atoms. The Bertz CT molecular complexity index is 950. The van der Waals surface area contributed by atoms with Crippen molar-refractivity contribution in [3.8, 4) is 0 Å². The second kappa shape index (κ2) is 7.99. The largest absolute Gasteiger partial charge is 0.469 e. The molecule has 0 bridgehead atoms. The molecule has 1 aromatic carbocycles. The molecular weight excluding hydrogens is 344 g/mol. The van der Waals surface area contributed by atoms with Gasteiger partial charge in [-0.05, 0) is 25.5 Å². The second-order valence-corrected chi connectivity index (χ2v) is 6.54. The monoisotopic (exact) mass is 366 g/mol. The third kappa shape index (κ3) is 4.13. The molecule has 0 saturated carbocycles. The molecule has 0 unspecified atom stereocenters. The maximum Gasteiger partial charge on any atom is 0.307 e. The predicted molar refractivity (Wildman–Crippen MR) is 101 cm³/mol. The number of methoxy groups -OCH3 is 1. The van der Waals surface area contributed by atoms with E-state index in [9.17, 15) is 9.59 Å². The summed E-state index contributed by atoms with van der Waals surface area (Å²) >= 11 is 0. The van der Waals surface area contributed by atoms with E-state index in [0.29, 0.717) is 5.56 Å². The number of hydrogen-bond acceptors (Lipinski definition) is 5. The van der Waals surface area contributed by atoms with E-state index in [0.717, 1.165) is 16.6 Å². The van der Waals surface area contributed by atoms with E-state index in [2.05, 4.69) is 15.4 Å². The summed E-state index contributed by atoms with van der Waals surface area (Å²) in [6.45, 7) is 4.04. The van der Waals surface area contributed by atoms with Gasteiger partial charge in [0.05, 0.1) is 31.3 Å². The van der Waals surface area contributed by atoms with Crippen LogP contribution in [0.5, 0.6) is 0 Å². The Morgan fingerprint density at radius 3 is 2.59 bits per heavy atom. The van der Waals surface area contributed by atoms with E-state index >= 15 is 0 Å². The first kappa shape index (κ1) is 18.6. The lowest BCUT2D eigenvalue weighted by atomic mass is 10.0. The van der Waals surface area contributed by atoms with Gasteiger partial charge in [-0.15, -0.1) is 0 Å². The highest BCUT2D eigenvalue weighted by Crippen LogP contribution is 2.20. The van der Waals surface area contributed by atoms with Crippen LogP contribution in [-0.4, -0.2) is 33.8 Å². The van der Waals surface area contributed by atoms with Crippen LogP contribution < -0.4 is 5.32 Å². The molecule has 1 N–H and O–H groups in total. The van der Waals surface area contributed by atoms with Crippen LogP contribution in [0.1, 0.15) is 48.3 Å². The Morgan fingerprint density at radius 2 is 1.93 bits per heavy atom. The molecule has 0 spiro atoms. The quantitative estimate of drug-likeness (QED) is 0.678. The number of benzene rings is 1. The zero-order valence-electron chi connectivity index (χ0n) is 15.5. The van der Waals surface area contributed by atoms with Crippen LogP contribution in [0.2, 0.25) is 0 Å². The molecule has 2 heterocycles. The number of pyridine rings is 1. The summed E-state index contributed by atoms with van der Waals surface area (Å²) in [5.74, 6) is -0.699. The summed E-state index contributed by atoms with van der Waals surface area (Å²) in [4.78, 5) is 28.9. The fraction of sp³-hybridized carbons (Fsp3) is 0.300. The number of esters is 1. The van der Waals surface area contributed by atoms with Gasteiger partial charge in [0, 0.05) is 17.6 Å². The third-order valence-corrected chi connectivity index (χ3v) is 4.29. The summed E-state index contributed by atoms with van der Waals surface area (Å²) in [5.41, 5.74) is 1.98. The minimum absolute atomic E-state index is 0.0488. The van der Waals surface area contributed by atoms with E-state index in [1.54, 1.807) is 16.9 Å². The number of hydrogen-bond donors (Lipinski definition) is 1. The van der Waals surface area contributed by atoms with Crippen molar-refractivity contribution in [2.75, 3.05) is 7.11 Å². The van der Waals surface area contributed by atoms with Gasteiger partial charge in [-0.1, -0.05) is 30.3 Å². The number of rotatable bonds is 6. The lowest BCUT2D eigenvalue weighted by Crippen LogP contribution is -2.30. The number of carbonyl (C=O) groups is 2. The zero-order valence-corrected chi connectivity index (χ0v) is 15.5. The molecule has 7 nitrogen and oxygen atoms in total. The van der Waals surface area contributed by atoms with Gasteiger partial charge >= 0.3 is 5.97 Å². The minimum atomic E-state index is -0.486. The second-order valence-electron chi connectivity index (χ2n) is 6.54. The van der Waals surface area contributed by atoms with Gasteiger partial charge in [0.15, 0.2) is 5.65 Å². The van der Waals surface area contributed by atoms with Crippen molar-refractivity contribution in [3.63, 3.8) is 0 Å². The number of nitrogens with one attached hydrogen (secondary N) is 1. The highest BCUT2D eigenvalue weighted by Gasteiger charge is 2.20. The molecule has 0 fully saturated rings. The Balaban J connectivity index is 1.84. The van der Waals surface area contributed by atoms with Crippen LogP contribution in [0.3, 0.4) is 0 Å². The smallest absolute Gasteiger partial charge is 0.307 e.